The van der Waals surface area contributed by atoms with Gasteiger partial charge >= 0.3 is 0 Å². The van der Waals surface area contributed by atoms with Crippen molar-refractivity contribution >= 4 is 56.4 Å². The fraction of sp³-hybridized carbons (Fsp3) is 0.444. The van der Waals surface area contributed by atoms with Crippen LogP contribution in [0.1, 0.15) is 72.7 Å². The average molecular weight is 766 g/mol. The molecule has 0 radical (unpaired) electrons. The number of likely N-dealkylation sites (N-methyl/N-ethyl adjacent to an activating group) is 1. The number of anilines is 4. The fourth-order valence-corrected chi connectivity index (χ4v) is 9.92. The number of nitrogens with zero attached hydrogens (tertiary/aromatic N) is 8. The first kappa shape index (κ1) is 36.9. The Hall–Kier alpha value is -5.67. The zero-order valence-electron chi connectivity index (χ0n) is 33.4. The minimum absolute atomic E-state index is 0.0356. The van der Waals surface area contributed by atoms with Gasteiger partial charge < -0.3 is 24.2 Å². The van der Waals surface area contributed by atoms with Gasteiger partial charge in [-0.3, -0.25) is 24.4 Å². The lowest BCUT2D eigenvalue weighted by Gasteiger charge is -2.39. The molecule has 4 aliphatic rings. The van der Waals surface area contributed by atoms with E-state index >= 15 is 0 Å². The number of benzene rings is 3. The van der Waals surface area contributed by atoms with E-state index in [1.54, 1.807) is 0 Å². The van der Waals surface area contributed by atoms with Crippen molar-refractivity contribution in [3.05, 3.63) is 87.3 Å². The molecule has 3 saturated heterocycles. The Balaban J connectivity index is 0.874. The minimum Gasteiger partial charge on any atom is -0.371 e. The predicted octanol–water partition coefficient (Wildman–Crippen LogP) is 5.81. The fourth-order valence-electron chi connectivity index (χ4n) is 9.92. The van der Waals surface area contributed by atoms with Crippen molar-refractivity contribution in [3.63, 3.8) is 0 Å². The number of carbonyl (C=O) groups excluding carboxylic acids is 2. The maximum atomic E-state index is 13.2. The third-order valence-electron chi connectivity index (χ3n) is 13.3. The van der Waals surface area contributed by atoms with E-state index in [1.807, 2.05) is 48.5 Å². The lowest BCUT2D eigenvalue weighted by atomic mass is 9.87. The smallest absolute Gasteiger partial charge is 0.253 e. The van der Waals surface area contributed by atoms with E-state index in [0.717, 1.165) is 122 Å². The number of pyridine rings is 1. The molecule has 0 spiro atoms. The first-order valence-corrected chi connectivity index (χ1v) is 20.5. The number of amides is 2. The Morgan fingerprint density at radius 1 is 0.789 bits per heavy atom. The highest BCUT2D eigenvalue weighted by Gasteiger charge is 2.33. The molecule has 2 amide bonds. The number of imide groups is 1. The number of hydrogen-bond acceptors (Lipinski definition) is 9. The number of likely N-dealkylation sites (tertiary alicyclic amines) is 1. The number of fused-ring (bicyclic) bond motifs is 3. The number of nitrogens with one attached hydrogen (secondary N) is 1. The van der Waals surface area contributed by atoms with Crippen molar-refractivity contribution in [1.82, 2.24) is 24.6 Å². The second kappa shape index (κ2) is 14.7. The molecular weight excluding hydrogens is 715 g/mol. The van der Waals surface area contributed by atoms with E-state index in [2.05, 4.69) is 74.4 Å². The van der Waals surface area contributed by atoms with Crippen LogP contribution in [0.2, 0.25) is 0 Å². The van der Waals surface area contributed by atoms with Gasteiger partial charge in [-0.05, 0) is 124 Å². The molecule has 9 rings (SSSR count). The van der Waals surface area contributed by atoms with Crippen molar-refractivity contribution in [3.8, 4) is 6.07 Å². The molecule has 4 aliphatic heterocycles. The van der Waals surface area contributed by atoms with Crippen LogP contribution < -0.4 is 25.6 Å². The zero-order chi connectivity index (χ0) is 39.5. The van der Waals surface area contributed by atoms with Crippen LogP contribution in [-0.4, -0.2) is 83.9 Å². The van der Waals surface area contributed by atoms with Crippen molar-refractivity contribution in [2.45, 2.75) is 57.3 Å². The lowest BCUT2D eigenvalue weighted by molar-refractivity contribution is -0.134. The summed E-state index contributed by atoms with van der Waals surface area (Å²) in [6.45, 7) is 8.79. The maximum Gasteiger partial charge on any atom is 0.253 e. The first-order chi connectivity index (χ1) is 27.6. The molecule has 5 aromatic rings. The number of piperidine rings is 3. The summed E-state index contributed by atoms with van der Waals surface area (Å²) in [7, 11) is 5.92. The van der Waals surface area contributed by atoms with E-state index in [4.69, 9.17) is 5.10 Å². The molecule has 1 atom stereocenters. The van der Waals surface area contributed by atoms with Crippen LogP contribution in [0.5, 0.6) is 0 Å². The number of rotatable bonds is 6. The van der Waals surface area contributed by atoms with Crippen molar-refractivity contribution in [1.29, 1.82) is 5.26 Å². The molecule has 294 valence electrons. The van der Waals surface area contributed by atoms with Crippen LogP contribution in [0, 0.1) is 24.2 Å². The molecule has 3 fully saturated rings. The molecule has 1 unspecified atom stereocenters. The second-order valence-electron chi connectivity index (χ2n) is 16.8. The Morgan fingerprint density at radius 2 is 1.58 bits per heavy atom. The van der Waals surface area contributed by atoms with Gasteiger partial charge in [0.1, 0.15) is 0 Å². The van der Waals surface area contributed by atoms with Crippen molar-refractivity contribution in [2.75, 3.05) is 67.6 Å². The van der Waals surface area contributed by atoms with Gasteiger partial charge in [-0.1, -0.05) is 0 Å². The summed E-state index contributed by atoms with van der Waals surface area (Å²) in [6, 6.07) is 21.4. The van der Waals surface area contributed by atoms with Gasteiger partial charge in [-0.2, -0.15) is 10.4 Å². The molecule has 3 aromatic carbocycles. The SMILES string of the molecule is Cc1cc2c(N3CCN(C)c4ccc(C#N)cc43)cc(C3CCN(CC4CCN(c5ccc6c(C7CCC(=O)NC7=O)nn(C)c6c5)CC4)CC3)cc2n(C)c1=O. The summed E-state index contributed by atoms with van der Waals surface area (Å²) in [5.74, 6) is 0.188. The molecule has 2 aromatic heterocycles. The van der Waals surface area contributed by atoms with Gasteiger partial charge in [0.15, 0.2) is 0 Å². The molecule has 0 saturated carbocycles. The number of hydrogen-bond donors (Lipinski definition) is 1. The van der Waals surface area contributed by atoms with Crippen LogP contribution >= 0.6 is 0 Å². The molecule has 6 heterocycles. The average Bonchev–Trinajstić information content (AvgIpc) is 3.55. The zero-order valence-corrected chi connectivity index (χ0v) is 33.4. The van der Waals surface area contributed by atoms with Gasteiger partial charge in [0.05, 0.1) is 51.3 Å². The van der Waals surface area contributed by atoms with Gasteiger partial charge in [-0.25, -0.2) is 0 Å². The Labute approximate surface area is 333 Å². The standard InChI is InChI=1S/C45H51N9O3/c1-28-21-36-38(50(3)45(28)57)23-32(24-40(36)54-20-19-49(2)37-9-5-30(26-46)22-41(37)54)31-13-15-52(16-14-31)27-29-11-17-53(18-12-29)33-6-7-34-39(25-33)51(4)48-43(34)35-8-10-42(55)47-44(35)56/h5-7,9,21-25,29,31,35H,8,10-20,27H2,1-4H3,(H,47,55,56). The molecule has 57 heavy (non-hydrogen) atoms. The van der Waals surface area contributed by atoms with E-state index < -0.39 is 5.92 Å². The normalized spacial score (nSPS) is 20.0. The lowest BCUT2D eigenvalue weighted by Crippen LogP contribution is -2.41. The molecule has 12 nitrogen and oxygen atoms in total. The van der Waals surface area contributed by atoms with Crippen LogP contribution in [0.15, 0.2) is 59.4 Å². The summed E-state index contributed by atoms with van der Waals surface area (Å²) in [5.41, 5.74) is 9.85. The highest BCUT2D eigenvalue weighted by molar-refractivity contribution is 6.03. The maximum absolute atomic E-state index is 13.2. The monoisotopic (exact) mass is 765 g/mol. The van der Waals surface area contributed by atoms with Crippen molar-refractivity contribution in [2.24, 2.45) is 20.0 Å². The van der Waals surface area contributed by atoms with Crippen molar-refractivity contribution < 1.29 is 9.59 Å². The van der Waals surface area contributed by atoms with Crippen LogP contribution in [0.3, 0.4) is 0 Å². The Bertz CT molecular complexity index is 2520. The summed E-state index contributed by atoms with van der Waals surface area (Å²) < 4.78 is 3.68. The number of aromatic nitrogens is 3. The summed E-state index contributed by atoms with van der Waals surface area (Å²) in [5, 5.41) is 19.0. The molecule has 1 N–H and O–H groups in total. The third kappa shape index (κ3) is 6.71. The largest absolute Gasteiger partial charge is 0.371 e. The van der Waals surface area contributed by atoms with E-state index in [-0.39, 0.29) is 17.4 Å². The number of aryl methyl sites for hydroxylation is 3. The topological polar surface area (TPSA) is 123 Å². The highest BCUT2D eigenvalue weighted by atomic mass is 16.2. The summed E-state index contributed by atoms with van der Waals surface area (Å²) in [6.07, 6.45) is 5.28. The third-order valence-corrected chi connectivity index (χ3v) is 13.3. The van der Waals surface area contributed by atoms with E-state index in [0.29, 0.717) is 30.2 Å². The van der Waals surface area contributed by atoms with Gasteiger partial charge in [0.25, 0.3) is 5.56 Å². The summed E-state index contributed by atoms with van der Waals surface area (Å²) >= 11 is 0. The predicted molar refractivity (Wildman–Crippen MR) is 225 cm³/mol. The quantitative estimate of drug-likeness (QED) is 0.214. The first-order valence-electron chi connectivity index (χ1n) is 20.5. The van der Waals surface area contributed by atoms with Crippen LogP contribution in [0.4, 0.5) is 22.7 Å². The van der Waals surface area contributed by atoms with Crippen LogP contribution in [-0.2, 0) is 23.7 Å². The van der Waals surface area contributed by atoms with Gasteiger partial charge in [0.2, 0.25) is 11.8 Å². The minimum atomic E-state index is -0.400. The molecule has 0 aliphatic carbocycles. The highest BCUT2D eigenvalue weighted by Crippen LogP contribution is 2.43. The van der Waals surface area contributed by atoms with E-state index in [1.165, 1.54) is 11.3 Å². The van der Waals surface area contributed by atoms with Gasteiger partial charge in [0, 0.05) is 82.3 Å². The Kier molecular flexibility index (Phi) is 9.52. The van der Waals surface area contributed by atoms with E-state index in [9.17, 15) is 19.6 Å². The second-order valence-corrected chi connectivity index (χ2v) is 16.8. The molecule has 0 bridgehead atoms. The molecule has 12 heteroatoms. The summed E-state index contributed by atoms with van der Waals surface area (Å²) in [4.78, 5) is 47.3. The van der Waals surface area contributed by atoms with Crippen LogP contribution in [0.25, 0.3) is 21.8 Å². The molecular formula is C45H51N9O3. The number of carbonyl (C=O) groups is 2. The van der Waals surface area contributed by atoms with Gasteiger partial charge in [-0.15, -0.1) is 0 Å². The number of nitriles is 1. The Morgan fingerprint density at radius 3 is 2.33 bits per heavy atom.